The Balaban J connectivity index is 1.59. The van der Waals surface area contributed by atoms with E-state index in [0.29, 0.717) is 21.9 Å². The van der Waals surface area contributed by atoms with Crippen molar-refractivity contribution in [1.82, 2.24) is 0 Å². The van der Waals surface area contributed by atoms with Crippen LogP contribution in [0, 0.1) is 0 Å². The minimum absolute atomic E-state index is 0.0166. The first kappa shape index (κ1) is 13.8. The smallest absolute Gasteiger partial charge is 0.143 e. The van der Waals surface area contributed by atoms with Gasteiger partial charge in [-0.1, -0.05) is 145 Å². The summed E-state index contributed by atoms with van der Waals surface area (Å²) in [5.41, 5.74) is -0.440. The molecule has 0 aliphatic rings. The number of hydrogen-bond donors (Lipinski definition) is 0. The zero-order valence-corrected chi connectivity index (χ0v) is 23.3. The van der Waals surface area contributed by atoms with E-state index in [1.165, 1.54) is 6.07 Å². The predicted octanol–water partition coefficient (Wildman–Crippen LogP) is 12.6. The van der Waals surface area contributed by atoms with Crippen LogP contribution in [0.3, 0.4) is 0 Å². The summed E-state index contributed by atoms with van der Waals surface area (Å²) in [4.78, 5) is 0. The van der Waals surface area contributed by atoms with E-state index in [-0.39, 0.29) is 60.5 Å². The summed E-state index contributed by atoms with van der Waals surface area (Å²) in [7, 11) is 0. The normalized spacial score (nSPS) is 16.8. The maximum Gasteiger partial charge on any atom is 0.143 e. The van der Waals surface area contributed by atoms with Crippen LogP contribution in [-0.2, 0) is 0 Å². The van der Waals surface area contributed by atoms with Crippen LogP contribution in [0.4, 0.5) is 0 Å². The molecule has 1 aromatic heterocycles. The molecule has 0 radical (unpaired) electrons. The van der Waals surface area contributed by atoms with Crippen LogP contribution >= 0.6 is 0 Å². The van der Waals surface area contributed by atoms with Crippen molar-refractivity contribution in [2.24, 2.45) is 0 Å². The molecule has 8 aromatic carbocycles. The molecule has 0 atom stereocenters. The second kappa shape index (κ2) is 10.4. The van der Waals surface area contributed by atoms with Gasteiger partial charge in [-0.2, -0.15) is 0 Å². The zero-order chi connectivity index (χ0) is 44.5. The minimum atomic E-state index is -0.740. The highest BCUT2D eigenvalue weighted by atomic mass is 16.3. The SMILES string of the molecule is [2H]c1c([2H])c([2H])c(-c2cc(-c3c4c([2H])c([2H])c([2H])c([2H])c4c(-c4c([2H])c([2H])c([2H])c(-c5ccccc5)c4[2H])c4c([2H])c([2H])c([2H])c([2H])c34)cc3c2oc2ccccc23)c([2H])c1[2H]. The fourth-order valence-corrected chi connectivity index (χ4v) is 5.92. The lowest BCUT2D eigenvalue weighted by atomic mass is 9.84. The van der Waals surface area contributed by atoms with Crippen LogP contribution in [-0.4, -0.2) is 0 Å². The van der Waals surface area contributed by atoms with Crippen molar-refractivity contribution in [1.29, 1.82) is 0 Å². The quantitative estimate of drug-likeness (QED) is 0.186. The van der Waals surface area contributed by atoms with Gasteiger partial charge in [0.25, 0.3) is 0 Å². The lowest BCUT2D eigenvalue weighted by molar-refractivity contribution is 0.670. The standard InChI is InChI=1S/C44H28O/c1-3-14-29(15-4-1)31-18-13-19-32(26-31)42-35-21-7-9-23-37(35)43(38-24-10-8-22-36(38)42)33-27-39(30-16-5-2-6-17-30)44-40(28-33)34-20-11-12-25-41(34)45-44/h1-28H/i2D,5D,6D,7D,8D,9D,10D,13D,16D,17D,18D,19D,21D,22D,23D,24D,26D. The van der Waals surface area contributed by atoms with Gasteiger partial charge in [-0.3, -0.25) is 0 Å². The van der Waals surface area contributed by atoms with Gasteiger partial charge in [0, 0.05) is 16.3 Å². The zero-order valence-electron chi connectivity index (χ0n) is 40.3. The van der Waals surface area contributed by atoms with Gasteiger partial charge in [-0.15, -0.1) is 0 Å². The molecule has 0 aliphatic carbocycles. The number of fused-ring (bicyclic) bond motifs is 5. The number of hydrogen-bond acceptors (Lipinski definition) is 1. The third kappa shape index (κ3) is 4.17. The topological polar surface area (TPSA) is 13.1 Å². The second-order valence-corrected chi connectivity index (χ2v) is 10.4. The molecule has 0 amide bonds. The molecule has 0 unspecified atom stereocenters. The van der Waals surface area contributed by atoms with Crippen LogP contribution in [0.1, 0.15) is 23.3 Å². The molecule has 9 rings (SSSR count). The third-order valence-electron chi connectivity index (χ3n) is 7.85. The Kier molecular flexibility index (Phi) is 3.18. The highest BCUT2D eigenvalue weighted by Gasteiger charge is 2.20. The average molecular weight is 590 g/mol. The van der Waals surface area contributed by atoms with Crippen molar-refractivity contribution in [2.75, 3.05) is 0 Å². The Morgan fingerprint density at radius 3 is 1.69 bits per heavy atom. The summed E-state index contributed by atoms with van der Waals surface area (Å²) in [5, 5.41) is -0.414. The minimum Gasteiger partial charge on any atom is -0.455 e. The van der Waals surface area contributed by atoms with Gasteiger partial charge in [0.05, 0.1) is 23.3 Å². The van der Waals surface area contributed by atoms with E-state index in [9.17, 15) is 8.22 Å². The summed E-state index contributed by atoms with van der Waals surface area (Å²) in [5.74, 6) is 0. The maximum atomic E-state index is 9.57. The van der Waals surface area contributed by atoms with Gasteiger partial charge < -0.3 is 4.42 Å². The fraction of sp³-hybridized carbons (Fsp3) is 0. The molecule has 0 bridgehead atoms. The predicted molar refractivity (Wildman–Crippen MR) is 190 cm³/mol. The molecule has 0 spiro atoms. The molecular weight excluding hydrogens is 544 g/mol. The summed E-state index contributed by atoms with van der Waals surface area (Å²) in [6.07, 6.45) is 0. The molecule has 0 saturated carbocycles. The largest absolute Gasteiger partial charge is 0.455 e. The van der Waals surface area contributed by atoms with Crippen molar-refractivity contribution in [3.05, 3.63) is 169 Å². The Labute approximate surface area is 285 Å². The van der Waals surface area contributed by atoms with Crippen LogP contribution in [0.25, 0.3) is 88.0 Å². The molecule has 1 nitrogen and oxygen atoms in total. The van der Waals surface area contributed by atoms with Gasteiger partial charge in [0.15, 0.2) is 0 Å². The van der Waals surface area contributed by atoms with E-state index in [4.69, 9.17) is 19.5 Å². The summed E-state index contributed by atoms with van der Waals surface area (Å²) < 4.78 is 159. The van der Waals surface area contributed by atoms with Crippen molar-refractivity contribution in [2.45, 2.75) is 0 Å². The Morgan fingerprint density at radius 1 is 0.400 bits per heavy atom. The molecule has 0 N–H and O–H groups in total. The van der Waals surface area contributed by atoms with E-state index in [1.54, 1.807) is 60.7 Å². The van der Waals surface area contributed by atoms with Gasteiger partial charge in [0.1, 0.15) is 11.2 Å². The molecule has 0 saturated heterocycles. The number of rotatable bonds is 4. The number of para-hydroxylation sites is 1. The van der Waals surface area contributed by atoms with Crippen molar-refractivity contribution in [3.8, 4) is 44.5 Å². The van der Waals surface area contributed by atoms with Gasteiger partial charge in [0.2, 0.25) is 0 Å². The number of furan rings is 1. The molecule has 0 aliphatic heterocycles. The van der Waals surface area contributed by atoms with Crippen LogP contribution < -0.4 is 0 Å². The first-order valence-electron chi connectivity index (χ1n) is 22.6. The average Bonchev–Trinajstić information content (AvgIpc) is 3.65. The third-order valence-corrected chi connectivity index (χ3v) is 7.85. The maximum absolute atomic E-state index is 9.57. The summed E-state index contributed by atoms with van der Waals surface area (Å²) >= 11 is 0. The highest BCUT2D eigenvalue weighted by molar-refractivity contribution is 6.23. The van der Waals surface area contributed by atoms with Crippen molar-refractivity contribution < 1.29 is 27.7 Å². The van der Waals surface area contributed by atoms with E-state index in [0.717, 1.165) is 0 Å². The van der Waals surface area contributed by atoms with Gasteiger partial charge in [-0.25, -0.2) is 0 Å². The lowest BCUT2D eigenvalue weighted by Gasteiger charge is -2.19. The molecule has 210 valence electrons. The molecule has 0 fully saturated rings. The van der Waals surface area contributed by atoms with E-state index >= 15 is 0 Å². The molecule has 9 aromatic rings. The van der Waals surface area contributed by atoms with E-state index in [1.807, 2.05) is 0 Å². The first-order chi connectivity index (χ1) is 29.4. The Hall–Kier alpha value is -5.92. The monoisotopic (exact) mass is 589 g/mol. The van der Waals surface area contributed by atoms with Crippen LogP contribution in [0.5, 0.6) is 0 Å². The summed E-state index contributed by atoms with van der Waals surface area (Å²) in [6.45, 7) is 0. The molecule has 45 heavy (non-hydrogen) atoms. The number of benzene rings is 8. The summed E-state index contributed by atoms with van der Waals surface area (Å²) in [6, 6.07) is 7.02. The van der Waals surface area contributed by atoms with Gasteiger partial charge in [-0.05, 0) is 84.7 Å². The molecule has 1 heterocycles. The van der Waals surface area contributed by atoms with Crippen molar-refractivity contribution in [3.63, 3.8) is 0 Å². The Bertz CT molecular complexity index is 3380. The Morgan fingerprint density at radius 2 is 0.978 bits per heavy atom. The van der Waals surface area contributed by atoms with E-state index < -0.39 is 108 Å². The molecule has 1 heteroatoms. The lowest BCUT2D eigenvalue weighted by Crippen LogP contribution is -1.92. The molecular formula is C44H28O. The van der Waals surface area contributed by atoms with Crippen LogP contribution in [0.15, 0.2) is 174 Å². The van der Waals surface area contributed by atoms with Gasteiger partial charge >= 0.3 is 0 Å². The first-order valence-corrected chi connectivity index (χ1v) is 14.1. The fourth-order valence-electron chi connectivity index (χ4n) is 5.92. The van der Waals surface area contributed by atoms with E-state index in [2.05, 4.69) is 0 Å². The van der Waals surface area contributed by atoms with Crippen LogP contribution in [0.2, 0.25) is 0 Å². The highest BCUT2D eigenvalue weighted by Crippen LogP contribution is 2.47. The second-order valence-electron chi connectivity index (χ2n) is 10.4. The van der Waals surface area contributed by atoms with Crippen molar-refractivity contribution >= 4 is 43.5 Å².